The van der Waals surface area contributed by atoms with Crippen LogP contribution in [0, 0.1) is 5.92 Å². The lowest BCUT2D eigenvalue weighted by Crippen LogP contribution is -2.38. The van der Waals surface area contributed by atoms with Crippen LogP contribution in [0.3, 0.4) is 0 Å². The monoisotopic (exact) mass is 374 g/mol. The van der Waals surface area contributed by atoms with Gasteiger partial charge in [0, 0.05) is 23.4 Å². The summed E-state index contributed by atoms with van der Waals surface area (Å²) in [5.41, 5.74) is 7.60. The van der Waals surface area contributed by atoms with Crippen LogP contribution in [0.25, 0.3) is 0 Å². The summed E-state index contributed by atoms with van der Waals surface area (Å²) < 4.78 is 0. The van der Waals surface area contributed by atoms with E-state index in [9.17, 15) is 9.90 Å². The topological polar surface area (TPSA) is 76.2 Å². The highest BCUT2D eigenvalue weighted by molar-refractivity contribution is 5.85. The Kier molecular flexibility index (Phi) is 6.65. The molecule has 1 aromatic heterocycles. The molecule has 140 valence electrons. The molecule has 0 bridgehead atoms. The van der Waals surface area contributed by atoms with E-state index in [0.29, 0.717) is 18.3 Å². The first kappa shape index (κ1) is 20.2. The first-order valence-electron chi connectivity index (χ1n) is 8.98. The summed E-state index contributed by atoms with van der Waals surface area (Å²) in [6, 6.07) is 13.9. The van der Waals surface area contributed by atoms with Gasteiger partial charge in [-0.1, -0.05) is 37.3 Å². The van der Waals surface area contributed by atoms with Crippen LogP contribution in [0.5, 0.6) is 5.75 Å². The SMILES string of the molecule is CC(CC(N)=O)(c1ccccc1)C1CCC(c2ccc(O)cn2)CC1.Cl. The maximum absolute atomic E-state index is 11.7. The number of carbonyl (C=O) groups excluding carboxylic acids is 1. The number of primary amides is 1. The molecule has 1 aromatic carbocycles. The first-order chi connectivity index (χ1) is 12.0. The van der Waals surface area contributed by atoms with E-state index < -0.39 is 0 Å². The third-order valence-corrected chi connectivity index (χ3v) is 5.79. The van der Waals surface area contributed by atoms with Crippen molar-refractivity contribution in [2.45, 2.75) is 50.4 Å². The van der Waals surface area contributed by atoms with Crippen LogP contribution in [-0.4, -0.2) is 16.0 Å². The minimum absolute atomic E-state index is 0. The zero-order valence-corrected chi connectivity index (χ0v) is 15.9. The number of carbonyl (C=O) groups is 1. The van der Waals surface area contributed by atoms with E-state index in [-0.39, 0.29) is 29.5 Å². The molecule has 0 saturated heterocycles. The molecule has 4 nitrogen and oxygen atoms in total. The fraction of sp³-hybridized carbons (Fsp3) is 0.429. The van der Waals surface area contributed by atoms with Gasteiger partial charge in [-0.15, -0.1) is 12.4 Å². The van der Waals surface area contributed by atoms with Gasteiger partial charge in [-0.25, -0.2) is 0 Å². The third kappa shape index (κ3) is 4.36. The minimum Gasteiger partial charge on any atom is -0.506 e. The number of hydrogen-bond donors (Lipinski definition) is 2. The zero-order valence-electron chi connectivity index (χ0n) is 15.1. The van der Waals surface area contributed by atoms with Gasteiger partial charge in [0.2, 0.25) is 5.91 Å². The Bertz CT molecular complexity index is 713. The number of halogens is 1. The number of benzene rings is 1. The standard InChI is InChI=1S/C21H26N2O2.ClH/c1-21(13-20(22)25,16-5-3-2-4-6-16)17-9-7-15(8-10-17)19-12-11-18(24)14-23-19;/h2-6,11-12,14-15,17,24H,7-10,13H2,1H3,(H2,22,25);1H. The van der Waals surface area contributed by atoms with Crippen LogP contribution in [0.2, 0.25) is 0 Å². The summed E-state index contributed by atoms with van der Waals surface area (Å²) in [6.45, 7) is 2.18. The Morgan fingerprint density at radius 3 is 2.35 bits per heavy atom. The largest absolute Gasteiger partial charge is 0.506 e. The lowest BCUT2D eigenvalue weighted by Gasteiger charge is -2.41. The number of hydrogen-bond acceptors (Lipinski definition) is 3. The summed E-state index contributed by atoms with van der Waals surface area (Å²) in [7, 11) is 0. The summed E-state index contributed by atoms with van der Waals surface area (Å²) in [6.07, 6.45) is 6.08. The minimum atomic E-state index is -0.242. The number of aromatic hydroxyl groups is 1. The van der Waals surface area contributed by atoms with Crippen molar-refractivity contribution in [1.82, 2.24) is 4.98 Å². The molecule has 1 aliphatic carbocycles. The average molecular weight is 375 g/mol. The van der Waals surface area contributed by atoms with Crippen molar-refractivity contribution >= 4 is 18.3 Å². The fourth-order valence-corrected chi connectivity index (χ4v) is 4.33. The third-order valence-electron chi connectivity index (χ3n) is 5.79. The summed E-state index contributed by atoms with van der Waals surface area (Å²) in [4.78, 5) is 16.1. The molecule has 1 atom stereocenters. The Labute approximate surface area is 161 Å². The van der Waals surface area contributed by atoms with Gasteiger partial charge in [0.1, 0.15) is 5.75 Å². The van der Waals surface area contributed by atoms with E-state index in [1.54, 1.807) is 6.07 Å². The molecule has 3 N–H and O–H groups in total. The van der Waals surface area contributed by atoms with E-state index in [4.69, 9.17) is 5.73 Å². The maximum Gasteiger partial charge on any atom is 0.218 e. The van der Waals surface area contributed by atoms with Gasteiger partial charge < -0.3 is 10.8 Å². The zero-order chi connectivity index (χ0) is 17.9. The highest BCUT2D eigenvalue weighted by Crippen LogP contribution is 2.46. The summed E-state index contributed by atoms with van der Waals surface area (Å²) in [5, 5.41) is 9.41. The Morgan fingerprint density at radius 2 is 1.81 bits per heavy atom. The maximum atomic E-state index is 11.7. The molecule has 1 saturated carbocycles. The predicted octanol–water partition coefficient (Wildman–Crippen LogP) is 4.32. The molecule has 2 aromatic rings. The second-order valence-electron chi connectivity index (χ2n) is 7.42. The normalized spacial score (nSPS) is 22.0. The van der Waals surface area contributed by atoms with E-state index in [2.05, 4.69) is 24.0 Å². The van der Waals surface area contributed by atoms with Crippen LogP contribution in [0.4, 0.5) is 0 Å². The molecule has 1 heterocycles. The average Bonchev–Trinajstić information content (AvgIpc) is 2.63. The molecule has 26 heavy (non-hydrogen) atoms. The Balaban J connectivity index is 0.00000243. The Morgan fingerprint density at radius 1 is 1.15 bits per heavy atom. The van der Waals surface area contributed by atoms with Crippen molar-refractivity contribution in [3.63, 3.8) is 0 Å². The summed E-state index contributed by atoms with van der Waals surface area (Å²) >= 11 is 0. The lowest BCUT2D eigenvalue weighted by molar-refractivity contribution is -0.119. The van der Waals surface area contributed by atoms with Crippen molar-refractivity contribution in [1.29, 1.82) is 0 Å². The van der Waals surface area contributed by atoms with E-state index in [1.165, 1.54) is 11.8 Å². The van der Waals surface area contributed by atoms with Gasteiger partial charge in [0.25, 0.3) is 0 Å². The molecule has 0 aliphatic heterocycles. The number of aromatic nitrogens is 1. The molecule has 3 rings (SSSR count). The number of pyridine rings is 1. The molecular weight excluding hydrogens is 348 g/mol. The Hall–Kier alpha value is -2.07. The van der Waals surface area contributed by atoms with Crippen molar-refractivity contribution in [2.75, 3.05) is 0 Å². The molecule has 1 aliphatic rings. The smallest absolute Gasteiger partial charge is 0.218 e. The molecule has 5 heteroatoms. The van der Waals surface area contributed by atoms with E-state index in [0.717, 1.165) is 31.4 Å². The predicted molar refractivity (Wildman–Crippen MR) is 105 cm³/mol. The van der Waals surface area contributed by atoms with E-state index in [1.807, 2.05) is 24.3 Å². The number of nitrogens with zero attached hydrogens (tertiary/aromatic N) is 1. The highest BCUT2D eigenvalue weighted by atomic mass is 35.5. The van der Waals surface area contributed by atoms with E-state index >= 15 is 0 Å². The van der Waals surface area contributed by atoms with Crippen LogP contribution in [0.1, 0.15) is 56.2 Å². The highest BCUT2D eigenvalue weighted by Gasteiger charge is 2.39. The van der Waals surface area contributed by atoms with Crippen LogP contribution in [-0.2, 0) is 10.2 Å². The quantitative estimate of drug-likeness (QED) is 0.818. The fourth-order valence-electron chi connectivity index (χ4n) is 4.33. The van der Waals surface area contributed by atoms with Gasteiger partial charge in [-0.2, -0.15) is 0 Å². The molecule has 1 unspecified atom stereocenters. The lowest BCUT2D eigenvalue weighted by atomic mass is 9.63. The van der Waals surface area contributed by atoms with Crippen molar-refractivity contribution in [3.05, 3.63) is 59.9 Å². The second-order valence-corrected chi connectivity index (χ2v) is 7.42. The van der Waals surface area contributed by atoms with Gasteiger partial charge >= 0.3 is 0 Å². The second kappa shape index (κ2) is 8.54. The van der Waals surface area contributed by atoms with Gasteiger partial charge in [0.05, 0.1) is 6.20 Å². The molecule has 1 amide bonds. The van der Waals surface area contributed by atoms with Crippen molar-refractivity contribution in [3.8, 4) is 5.75 Å². The number of rotatable bonds is 5. The van der Waals surface area contributed by atoms with Crippen molar-refractivity contribution < 1.29 is 9.90 Å². The first-order valence-corrected chi connectivity index (χ1v) is 8.98. The molecular formula is C21H27ClN2O2. The van der Waals surface area contributed by atoms with Gasteiger partial charge in [0.15, 0.2) is 0 Å². The summed E-state index contributed by atoms with van der Waals surface area (Å²) in [5.74, 6) is 0.811. The van der Waals surface area contributed by atoms with Crippen LogP contribution >= 0.6 is 12.4 Å². The van der Waals surface area contributed by atoms with Crippen LogP contribution < -0.4 is 5.73 Å². The number of nitrogens with two attached hydrogens (primary N) is 1. The molecule has 1 fully saturated rings. The molecule has 0 radical (unpaired) electrons. The van der Waals surface area contributed by atoms with Gasteiger partial charge in [-0.05, 0) is 49.3 Å². The van der Waals surface area contributed by atoms with Gasteiger partial charge in [-0.3, -0.25) is 9.78 Å². The van der Waals surface area contributed by atoms with Crippen molar-refractivity contribution in [2.24, 2.45) is 11.7 Å². The van der Waals surface area contributed by atoms with Crippen LogP contribution in [0.15, 0.2) is 48.7 Å². The molecule has 0 spiro atoms. The number of amides is 1.